The molecule has 1 heterocycles. The summed E-state index contributed by atoms with van der Waals surface area (Å²) >= 11 is 8.39. The van der Waals surface area contributed by atoms with Crippen molar-refractivity contribution in [1.82, 2.24) is 0 Å². The van der Waals surface area contributed by atoms with Gasteiger partial charge >= 0.3 is 0 Å². The van der Waals surface area contributed by atoms with Gasteiger partial charge in [-0.2, -0.15) is 0 Å². The minimum atomic E-state index is -0.0561. The average Bonchev–Trinajstić information content (AvgIpc) is 3.08. The number of aryl methyl sites for hydroxylation is 1. The normalized spacial score (nSPS) is 14.8. The molecule has 0 saturated heterocycles. The molecule has 5 heteroatoms. The van der Waals surface area contributed by atoms with Crippen LogP contribution in [0.25, 0.3) is 11.8 Å². The van der Waals surface area contributed by atoms with Crippen LogP contribution in [-0.2, 0) is 4.79 Å². The van der Waals surface area contributed by atoms with E-state index in [1.807, 2.05) is 92.7 Å². The van der Waals surface area contributed by atoms with Crippen molar-refractivity contribution in [3.63, 3.8) is 0 Å². The molecule has 0 fully saturated rings. The van der Waals surface area contributed by atoms with Crippen LogP contribution in [0.3, 0.4) is 0 Å². The van der Waals surface area contributed by atoms with Crippen molar-refractivity contribution in [2.45, 2.75) is 13.8 Å². The van der Waals surface area contributed by atoms with Gasteiger partial charge in [0.2, 0.25) is 0 Å². The zero-order valence-corrected chi connectivity index (χ0v) is 20.1. The second-order valence-corrected chi connectivity index (χ2v) is 8.81. The summed E-state index contributed by atoms with van der Waals surface area (Å²) in [6, 6.07) is 21.4. The molecule has 3 nitrogen and oxygen atoms in total. The number of anilines is 1. The molecule has 1 amide bonds. The fourth-order valence-electron chi connectivity index (χ4n) is 3.48. The zero-order valence-electron chi connectivity index (χ0n) is 17.2. The number of hydrogen-bond acceptors (Lipinski definition) is 2. The van der Waals surface area contributed by atoms with E-state index in [1.165, 1.54) is 0 Å². The summed E-state index contributed by atoms with van der Waals surface area (Å²) in [6.45, 7) is 4.63. The van der Waals surface area contributed by atoms with Crippen molar-refractivity contribution in [2.75, 3.05) is 11.5 Å². The summed E-state index contributed by atoms with van der Waals surface area (Å²) in [6.07, 6.45) is 3.85. The van der Waals surface area contributed by atoms with Gasteiger partial charge in [-0.1, -0.05) is 35.9 Å². The van der Waals surface area contributed by atoms with Crippen molar-refractivity contribution in [3.8, 4) is 5.75 Å². The van der Waals surface area contributed by atoms with Crippen molar-refractivity contribution in [2.24, 2.45) is 0 Å². The SMILES string of the molecule is CCOc1ccc(/C=C2\C=C(c3ccc(Cl)cc3)N(c3ccc(I)c(C)c3)C2=O)cc1. The predicted molar refractivity (Wildman–Crippen MR) is 136 cm³/mol. The first kappa shape index (κ1) is 21.7. The Morgan fingerprint density at radius 3 is 2.39 bits per heavy atom. The minimum Gasteiger partial charge on any atom is -0.494 e. The van der Waals surface area contributed by atoms with Crippen LogP contribution in [0.5, 0.6) is 5.75 Å². The Bertz CT molecular complexity index is 1180. The molecular weight excluding hydrogens is 521 g/mol. The van der Waals surface area contributed by atoms with Gasteiger partial charge in [-0.3, -0.25) is 9.69 Å². The third kappa shape index (κ3) is 4.70. The van der Waals surface area contributed by atoms with Gasteiger partial charge in [-0.25, -0.2) is 0 Å². The van der Waals surface area contributed by atoms with Gasteiger partial charge < -0.3 is 4.74 Å². The van der Waals surface area contributed by atoms with E-state index in [1.54, 1.807) is 4.90 Å². The Labute approximate surface area is 201 Å². The van der Waals surface area contributed by atoms with E-state index < -0.39 is 0 Å². The highest BCUT2D eigenvalue weighted by atomic mass is 127. The molecule has 31 heavy (non-hydrogen) atoms. The Morgan fingerprint density at radius 2 is 1.74 bits per heavy atom. The summed E-state index contributed by atoms with van der Waals surface area (Å²) in [7, 11) is 0. The number of halogens is 2. The van der Waals surface area contributed by atoms with Gasteiger partial charge in [0.1, 0.15) is 5.75 Å². The van der Waals surface area contributed by atoms with E-state index in [4.69, 9.17) is 16.3 Å². The first-order valence-electron chi connectivity index (χ1n) is 9.99. The molecule has 1 aliphatic heterocycles. The van der Waals surface area contributed by atoms with E-state index >= 15 is 0 Å². The molecule has 3 aromatic rings. The maximum atomic E-state index is 13.5. The predicted octanol–water partition coefficient (Wildman–Crippen LogP) is 7.12. The quantitative estimate of drug-likeness (QED) is 0.254. The molecule has 3 aromatic carbocycles. The van der Waals surface area contributed by atoms with Crippen molar-refractivity contribution < 1.29 is 9.53 Å². The number of nitrogens with zero attached hydrogens (tertiary/aromatic N) is 1. The lowest BCUT2D eigenvalue weighted by atomic mass is 10.1. The van der Waals surface area contributed by atoms with Gasteiger partial charge in [0.15, 0.2) is 0 Å². The van der Waals surface area contributed by atoms with E-state index in [0.29, 0.717) is 17.2 Å². The third-order valence-corrected chi connectivity index (χ3v) is 6.50. The summed E-state index contributed by atoms with van der Waals surface area (Å²) in [5.41, 5.74) is 5.32. The van der Waals surface area contributed by atoms with Gasteiger partial charge in [0.05, 0.1) is 12.3 Å². The molecule has 0 bridgehead atoms. The van der Waals surface area contributed by atoms with Crippen LogP contribution in [0.1, 0.15) is 23.6 Å². The largest absolute Gasteiger partial charge is 0.494 e. The minimum absolute atomic E-state index is 0.0561. The van der Waals surface area contributed by atoms with Gasteiger partial charge in [-0.05, 0) is 108 Å². The van der Waals surface area contributed by atoms with Gasteiger partial charge in [0.25, 0.3) is 5.91 Å². The Kier molecular flexibility index (Phi) is 6.49. The van der Waals surface area contributed by atoms with Crippen molar-refractivity contribution >= 4 is 57.6 Å². The topological polar surface area (TPSA) is 29.5 Å². The molecule has 0 unspecified atom stereocenters. The molecule has 0 atom stereocenters. The number of amides is 1. The first-order chi connectivity index (χ1) is 15.0. The number of carbonyl (C=O) groups excluding carboxylic acids is 1. The lowest BCUT2D eigenvalue weighted by molar-refractivity contribution is -0.113. The highest BCUT2D eigenvalue weighted by Crippen LogP contribution is 2.36. The summed E-state index contributed by atoms with van der Waals surface area (Å²) in [5.74, 6) is 0.759. The van der Waals surface area contributed by atoms with Crippen molar-refractivity contribution in [1.29, 1.82) is 0 Å². The fraction of sp³-hybridized carbons (Fsp3) is 0.115. The first-order valence-corrected chi connectivity index (χ1v) is 11.4. The maximum absolute atomic E-state index is 13.5. The zero-order chi connectivity index (χ0) is 22.0. The molecule has 0 spiro atoms. The van der Waals surface area contributed by atoms with E-state index in [0.717, 1.165) is 37.4 Å². The monoisotopic (exact) mass is 541 g/mol. The highest BCUT2D eigenvalue weighted by Gasteiger charge is 2.30. The second kappa shape index (κ2) is 9.28. The number of hydrogen-bond donors (Lipinski definition) is 0. The molecule has 1 aliphatic rings. The van der Waals surface area contributed by atoms with Gasteiger partial charge in [0, 0.05) is 19.9 Å². The third-order valence-electron chi connectivity index (χ3n) is 5.04. The van der Waals surface area contributed by atoms with E-state index in [-0.39, 0.29) is 5.91 Å². The standard InChI is InChI=1S/C26H21ClINO2/c1-3-31-23-11-4-18(5-12-23)15-20-16-25(19-6-8-21(27)9-7-19)29(26(20)30)22-10-13-24(28)17(2)14-22/h4-16H,3H2,1-2H3/b20-15+. The lowest BCUT2D eigenvalue weighted by Crippen LogP contribution is -2.25. The molecule has 0 aliphatic carbocycles. The molecule has 4 rings (SSSR count). The highest BCUT2D eigenvalue weighted by molar-refractivity contribution is 14.1. The van der Waals surface area contributed by atoms with Crippen LogP contribution in [-0.4, -0.2) is 12.5 Å². The number of rotatable bonds is 5. The van der Waals surface area contributed by atoms with Crippen LogP contribution in [0.15, 0.2) is 78.4 Å². The van der Waals surface area contributed by atoms with E-state index in [9.17, 15) is 4.79 Å². The summed E-state index contributed by atoms with van der Waals surface area (Å²) in [4.78, 5) is 15.3. The van der Waals surface area contributed by atoms with Crippen LogP contribution in [0, 0.1) is 10.5 Å². The molecule has 156 valence electrons. The smallest absolute Gasteiger partial charge is 0.262 e. The van der Waals surface area contributed by atoms with Crippen LogP contribution >= 0.6 is 34.2 Å². The number of benzene rings is 3. The van der Waals surface area contributed by atoms with Gasteiger partial charge in [-0.15, -0.1) is 0 Å². The molecule has 0 aromatic heterocycles. The second-order valence-electron chi connectivity index (χ2n) is 7.21. The lowest BCUT2D eigenvalue weighted by Gasteiger charge is -2.21. The van der Waals surface area contributed by atoms with Crippen molar-refractivity contribution in [3.05, 3.63) is 104 Å². The number of ether oxygens (including phenoxy) is 1. The Balaban J connectivity index is 1.77. The summed E-state index contributed by atoms with van der Waals surface area (Å²) in [5, 5.41) is 0.662. The maximum Gasteiger partial charge on any atom is 0.262 e. The van der Waals surface area contributed by atoms with E-state index in [2.05, 4.69) is 22.6 Å². The Morgan fingerprint density at radius 1 is 1.03 bits per heavy atom. The Hall–Kier alpha value is -2.57. The van der Waals surface area contributed by atoms with Crippen LogP contribution < -0.4 is 9.64 Å². The molecule has 0 radical (unpaired) electrons. The number of carbonyl (C=O) groups is 1. The van der Waals surface area contributed by atoms with Crippen LogP contribution in [0.4, 0.5) is 5.69 Å². The average molecular weight is 542 g/mol. The molecular formula is C26H21ClINO2. The summed E-state index contributed by atoms with van der Waals surface area (Å²) < 4.78 is 6.68. The van der Waals surface area contributed by atoms with Crippen LogP contribution in [0.2, 0.25) is 5.02 Å². The fourth-order valence-corrected chi connectivity index (χ4v) is 3.94. The molecule has 0 saturated carbocycles. The molecule has 0 N–H and O–H groups in total.